The Morgan fingerprint density at radius 1 is 1.17 bits per heavy atom. The lowest BCUT2D eigenvalue weighted by molar-refractivity contribution is -0.147. The van der Waals surface area contributed by atoms with Gasteiger partial charge in [-0.2, -0.15) is 0 Å². The van der Waals surface area contributed by atoms with Crippen molar-refractivity contribution in [2.75, 3.05) is 19.4 Å². The van der Waals surface area contributed by atoms with Crippen molar-refractivity contribution in [1.29, 1.82) is 0 Å². The quantitative estimate of drug-likeness (QED) is 0.755. The van der Waals surface area contributed by atoms with Crippen LogP contribution in [0.1, 0.15) is 20.8 Å². The summed E-state index contributed by atoms with van der Waals surface area (Å²) in [6.45, 7) is 4.40. The van der Waals surface area contributed by atoms with Gasteiger partial charge in [0.1, 0.15) is 12.3 Å². The largest absolute Gasteiger partial charge is 0.497 e. The van der Waals surface area contributed by atoms with Gasteiger partial charge < -0.3 is 14.7 Å². The first-order valence-corrected chi connectivity index (χ1v) is 9.12. The Hall–Kier alpha value is -2.09. The Balaban J connectivity index is 2.91. The van der Waals surface area contributed by atoms with Gasteiger partial charge >= 0.3 is 5.97 Å². The van der Waals surface area contributed by atoms with Crippen LogP contribution in [-0.2, 0) is 19.4 Å². The molecule has 1 N–H and O–H groups in total. The number of methoxy groups -OCH3 is 1. The molecule has 1 atom stereocenters. The van der Waals surface area contributed by atoms with Crippen LogP contribution in [0.25, 0.3) is 0 Å². The Kier molecular flexibility index (Phi) is 6.77. The first-order valence-electron chi connectivity index (χ1n) is 7.47. The molecule has 0 saturated carbocycles. The second-order valence-electron chi connectivity index (χ2n) is 5.81. The highest BCUT2D eigenvalue weighted by Gasteiger charge is 2.29. The molecule has 8 heteroatoms. The van der Waals surface area contributed by atoms with Crippen molar-refractivity contribution >= 4 is 21.7 Å². The van der Waals surface area contributed by atoms with E-state index in [0.29, 0.717) is 5.75 Å². The smallest absolute Gasteiger partial charge is 0.323 e. The Bertz CT molecular complexity index is 681. The van der Waals surface area contributed by atoms with Crippen LogP contribution in [0.15, 0.2) is 29.2 Å². The minimum atomic E-state index is -3.67. The highest BCUT2D eigenvalue weighted by molar-refractivity contribution is 7.91. The van der Waals surface area contributed by atoms with Crippen molar-refractivity contribution in [3.63, 3.8) is 0 Å². The molecule has 7 nitrogen and oxygen atoms in total. The summed E-state index contributed by atoms with van der Waals surface area (Å²) in [5.41, 5.74) is 0. The molecule has 0 aliphatic heterocycles. The van der Waals surface area contributed by atoms with E-state index in [9.17, 15) is 18.0 Å². The van der Waals surface area contributed by atoms with Gasteiger partial charge in [0.15, 0.2) is 9.84 Å². The SMILES string of the molecule is COc1ccc(S(=O)(=O)CC(C)C(=O)N(CC(=O)O)C(C)C)cc1. The van der Waals surface area contributed by atoms with Gasteiger partial charge in [0.25, 0.3) is 0 Å². The third-order valence-corrected chi connectivity index (χ3v) is 5.45. The predicted molar refractivity (Wildman–Crippen MR) is 88.7 cm³/mol. The maximum Gasteiger partial charge on any atom is 0.323 e. The zero-order valence-electron chi connectivity index (χ0n) is 14.2. The van der Waals surface area contributed by atoms with E-state index in [-0.39, 0.29) is 16.7 Å². The molecule has 1 amide bonds. The van der Waals surface area contributed by atoms with Gasteiger partial charge in [0, 0.05) is 12.0 Å². The van der Waals surface area contributed by atoms with Gasteiger partial charge in [-0.15, -0.1) is 0 Å². The lowest BCUT2D eigenvalue weighted by Crippen LogP contribution is -2.44. The summed E-state index contributed by atoms with van der Waals surface area (Å²) in [7, 11) is -2.19. The van der Waals surface area contributed by atoms with Gasteiger partial charge in [-0.25, -0.2) is 8.42 Å². The third kappa shape index (κ3) is 5.23. The number of carboxylic acids is 1. The number of sulfone groups is 1. The van der Waals surface area contributed by atoms with E-state index in [2.05, 4.69) is 0 Å². The van der Waals surface area contributed by atoms with Crippen molar-refractivity contribution in [1.82, 2.24) is 4.90 Å². The summed E-state index contributed by atoms with van der Waals surface area (Å²) in [6, 6.07) is 5.57. The molecule has 0 radical (unpaired) electrons. The standard InChI is InChI=1S/C16H23NO6S/c1-11(2)17(9-15(18)19)16(20)12(3)10-24(21,22)14-7-5-13(23-4)6-8-14/h5-8,11-12H,9-10H2,1-4H3,(H,18,19). The Morgan fingerprint density at radius 2 is 1.71 bits per heavy atom. The molecule has 1 rings (SSSR count). The topological polar surface area (TPSA) is 101 Å². The Labute approximate surface area is 142 Å². The predicted octanol–water partition coefficient (Wildman–Crippen LogP) is 1.43. The van der Waals surface area contributed by atoms with Crippen LogP contribution in [0.5, 0.6) is 5.75 Å². The molecular formula is C16H23NO6S. The van der Waals surface area contributed by atoms with Crippen LogP contribution < -0.4 is 4.74 Å². The minimum Gasteiger partial charge on any atom is -0.497 e. The number of carbonyl (C=O) groups excluding carboxylic acids is 1. The first kappa shape index (κ1) is 20.0. The highest BCUT2D eigenvalue weighted by Crippen LogP contribution is 2.19. The maximum atomic E-state index is 12.4. The zero-order valence-corrected chi connectivity index (χ0v) is 15.0. The van der Waals surface area contributed by atoms with Crippen molar-refractivity contribution in [2.45, 2.75) is 31.7 Å². The molecule has 134 valence electrons. The fourth-order valence-electron chi connectivity index (χ4n) is 2.22. The van der Waals surface area contributed by atoms with Crippen LogP contribution in [0.3, 0.4) is 0 Å². The maximum absolute atomic E-state index is 12.4. The van der Waals surface area contributed by atoms with Gasteiger partial charge in [0.05, 0.1) is 17.8 Å². The summed E-state index contributed by atoms with van der Waals surface area (Å²) in [4.78, 5) is 24.6. The third-order valence-electron chi connectivity index (χ3n) is 3.52. The lowest BCUT2D eigenvalue weighted by atomic mass is 10.1. The van der Waals surface area contributed by atoms with E-state index in [1.165, 1.54) is 38.3 Å². The zero-order chi connectivity index (χ0) is 18.5. The molecule has 24 heavy (non-hydrogen) atoms. The normalized spacial score (nSPS) is 12.7. The summed E-state index contributed by atoms with van der Waals surface area (Å²) in [6.07, 6.45) is 0. The second kappa shape index (κ2) is 8.14. The molecular weight excluding hydrogens is 334 g/mol. The monoisotopic (exact) mass is 357 g/mol. The van der Waals surface area contributed by atoms with E-state index in [4.69, 9.17) is 9.84 Å². The molecule has 0 aromatic heterocycles. The molecule has 1 aromatic rings. The molecule has 0 spiro atoms. The number of hydrogen-bond acceptors (Lipinski definition) is 5. The molecule has 1 unspecified atom stereocenters. The van der Waals surface area contributed by atoms with Crippen molar-refractivity contribution in [2.24, 2.45) is 5.92 Å². The van der Waals surface area contributed by atoms with Gasteiger partial charge in [-0.3, -0.25) is 9.59 Å². The minimum absolute atomic E-state index is 0.0947. The van der Waals surface area contributed by atoms with E-state index in [0.717, 1.165) is 4.90 Å². The number of nitrogens with zero attached hydrogens (tertiary/aromatic N) is 1. The number of carboxylic acid groups (broad SMARTS) is 1. The number of hydrogen-bond donors (Lipinski definition) is 1. The van der Waals surface area contributed by atoms with Crippen LogP contribution in [-0.4, -0.2) is 55.7 Å². The number of rotatable bonds is 8. The van der Waals surface area contributed by atoms with Crippen LogP contribution >= 0.6 is 0 Å². The molecule has 0 aliphatic carbocycles. The van der Waals surface area contributed by atoms with E-state index < -0.39 is 34.2 Å². The molecule has 0 fully saturated rings. The fraction of sp³-hybridized carbons (Fsp3) is 0.500. The number of aliphatic carboxylic acids is 1. The number of ether oxygens (including phenoxy) is 1. The number of carbonyl (C=O) groups is 2. The summed E-state index contributed by atoms with van der Waals surface area (Å²) >= 11 is 0. The average molecular weight is 357 g/mol. The molecule has 0 saturated heterocycles. The van der Waals surface area contributed by atoms with Crippen LogP contribution in [0, 0.1) is 5.92 Å². The fourth-order valence-corrected chi connectivity index (χ4v) is 3.77. The van der Waals surface area contributed by atoms with Crippen molar-refractivity contribution in [3.8, 4) is 5.75 Å². The number of amides is 1. The summed E-state index contributed by atoms with van der Waals surface area (Å²) < 4.78 is 29.9. The van der Waals surface area contributed by atoms with Crippen LogP contribution in [0.4, 0.5) is 0 Å². The van der Waals surface area contributed by atoms with Gasteiger partial charge in [-0.05, 0) is 38.1 Å². The van der Waals surface area contributed by atoms with Crippen LogP contribution in [0.2, 0.25) is 0 Å². The van der Waals surface area contributed by atoms with E-state index >= 15 is 0 Å². The first-order chi connectivity index (χ1) is 11.1. The highest BCUT2D eigenvalue weighted by atomic mass is 32.2. The van der Waals surface area contributed by atoms with E-state index in [1.54, 1.807) is 13.8 Å². The number of benzene rings is 1. The van der Waals surface area contributed by atoms with Crippen molar-refractivity contribution < 1.29 is 27.9 Å². The Morgan fingerprint density at radius 3 is 2.12 bits per heavy atom. The van der Waals surface area contributed by atoms with Gasteiger partial charge in [0.2, 0.25) is 5.91 Å². The molecule has 0 heterocycles. The van der Waals surface area contributed by atoms with Crippen molar-refractivity contribution in [3.05, 3.63) is 24.3 Å². The van der Waals surface area contributed by atoms with E-state index in [1.807, 2.05) is 0 Å². The second-order valence-corrected chi connectivity index (χ2v) is 7.85. The van der Waals surface area contributed by atoms with Gasteiger partial charge in [-0.1, -0.05) is 6.92 Å². The summed E-state index contributed by atoms with van der Waals surface area (Å²) in [5, 5.41) is 8.90. The average Bonchev–Trinajstić information content (AvgIpc) is 2.51. The molecule has 0 aliphatic rings. The lowest BCUT2D eigenvalue weighted by Gasteiger charge is -2.27. The summed E-state index contributed by atoms with van der Waals surface area (Å²) in [5.74, 6) is -2.34. The molecule has 1 aromatic carbocycles. The molecule has 0 bridgehead atoms.